The van der Waals surface area contributed by atoms with Gasteiger partial charge in [-0.1, -0.05) is 47.7 Å². The molecule has 2 heterocycles. The Labute approximate surface area is 213 Å². The Morgan fingerprint density at radius 2 is 1.78 bits per heavy atom. The molecule has 1 amide bonds. The van der Waals surface area contributed by atoms with E-state index < -0.39 is 0 Å². The van der Waals surface area contributed by atoms with Gasteiger partial charge in [0.15, 0.2) is 0 Å². The Morgan fingerprint density at radius 1 is 0.972 bits per heavy atom. The van der Waals surface area contributed by atoms with Crippen molar-refractivity contribution in [3.8, 4) is 21.9 Å². The zero-order valence-electron chi connectivity index (χ0n) is 19.5. The minimum absolute atomic E-state index is 0.117. The number of aryl methyl sites for hydroxylation is 1. The van der Waals surface area contributed by atoms with Crippen molar-refractivity contribution >= 4 is 28.6 Å². The number of aromatic nitrogens is 3. The summed E-state index contributed by atoms with van der Waals surface area (Å²) in [6.07, 6.45) is 2.64. The Balaban J connectivity index is 1.13. The summed E-state index contributed by atoms with van der Waals surface area (Å²) in [6.45, 7) is 0.580. The van der Waals surface area contributed by atoms with E-state index >= 15 is 0 Å². The van der Waals surface area contributed by atoms with Gasteiger partial charge in [0, 0.05) is 23.9 Å². The van der Waals surface area contributed by atoms with Crippen LogP contribution in [0.15, 0.2) is 96.5 Å². The lowest BCUT2D eigenvalue weighted by atomic mass is 10.1. The summed E-state index contributed by atoms with van der Waals surface area (Å²) in [5.41, 5.74) is 10.1. The van der Waals surface area contributed by atoms with E-state index in [1.165, 1.54) is 0 Å². The molecule has 0 aliphatic carbocycles. The molecule has 0 aliphatic heterocycles. The van der Waals surface area contributed by atoms with Crippen molar-refractivity contribution in [1.29, 1.82) is 0 Å². The van der Waals surface area contributed by atoms with Crippen LogP contribution in [-0.4, -0.2) is 20.9 Å². The Hall–Kier alpha value is -4.43. The lowest BCUT2D eigenvalue weighted by Gasteiger charge is -2.09. The quantitative estimate of drug-likeness (QED) is 0.245. The van der Waals surface area contributed by atoms with Crippen LogP contribution in [0.25, 0.3) is 10.4 Å². The van der Waals surface area contributed by atoms with Crippen LogP contribution in [0.3, 0.4) is 0 Å². The summed E-state index contributed by atoms with van der Waals surface area (Å²) in [5.74, 6) is 1.46. The molecule has 3 aromatic carbocycles. The summed E-state index contributed by atoms with van der Waals surface area (Å²) in [4.78, 5) is 13.7. The van der Waals surface area contributed by atoms with E-state index in [1.807, 2.05) is 96.5 Å². The molecule has 0 saturated heterocycles. The number of nitrogens with two attached hydrogens (primary N) is 1. The van der Waals surface area contributed by atoms with Crippen molar-refractivity contribution in [3.05, 3.63) is 108 Å². The minimum atomic E-state index is -0.117. The smallest absolute Gasteiger partial charge is 0.224 e. The maximum atomic E-state index is 12.6. The van der Waals surface area contributed by atoms with E-state index in [9.17, 15) is 4.79 Å². The Morgan fingerprint density at radius 3 is 2.56 bits per heavy atom. The van der Waals surface area contributed by atoms with Gasteiger partial charge >= 0.3 is 0 Å². The summed E-state index contributed by atoms with van der Waals surface area (Å²) < 4.78 is 7.60. The SMILES string of the molecule is Nc1ccc(-c2cccs2)cc1NC(=O)CCc1cn(Cc2ccc(Oc3ccccc3)cc2)nn1. The molecular formula is C28H25N5O2S. The summed E-state index contributed by atoms with van der Waals surface area (Å²) in [6, 6.07) is 27.3. The molecule has 0 saturated carbocycles. The first-order chi connectivity index (χ1) is 17.6. The second-order valence-electron chi connectivity index (χ2n) is 8.29. The van der Waals surface area contributed by atoms with E-state index in [0.717, 1.165) is 33.2 Å². The third-order valence-electron chi connectivity index (χ3n) is 5.57. The number of thiophene rings is 1. The molecule has 0 radical (unpaired) electrons. The van der Waals surface area contributed by atoms with Crippen molar-refractivity contribution in [2.24, 2.45) is 0 Å². The van der Waals surface area contributed by atoms with Gasteiger partial charge in [0.25, 0.3) is 0 Å². The number of carbonyl (C=O) groups is 1. The van der Waals surface area contributed by atoms with Crippen LogP contribution >= 0.6 is 11.3 Å². The van der Waals surface area contributed by atoms with Gasteiger partial charge in [0.05, 0.1) is 23.6 Å². The molecule has 36 heavy (non-hydrogen) atoms. The number of carbonyl (C=O) groups excluding carboxylic acids is 1. The number of ether oxygens (including phenoxy) is 1. The van der Waals surface area contributed by atoms with Gasteiger partial charge in [-0.25, -0.2) is 4.68 Å². The fraction of sp³-hybridized carbons (Fsp3) is 0.107. The zero-order chi connectivity index (χ0) is 24.7. The van der Waals surface area contributed by atoms with Gasteiger partial charge < -0.3 is 15.8 Å². The first-order valence-corrected chi connectivity index (χ1v) is 12.4. The third-order valence-corrected chi connectivity index (χ3v) is 6.49. The van der Waals surface area contributed by atoms with Gasteiger partial charge in [-0.15, -0.1) is 16.4 Å². The molecule has 8 heteroatoms. The van der Waals surface area contributed by atoms with Gasteiger partial charge in [-0.3, -0.25) is 4.79 Å². The van der Waals surface area contributed by atoms with Crippen LogP contribution in [0.5, 0.6) is 11.5 Å². The van der Waals surface area contributed by atoms with Gasteiger partial charge in [-0.2, -0.15) is 0 Å². The first-order valence-electron chi connectivity index (χ1n) is 11.6. The molecule has 180 valence electrons. The van der Waals surface area contributed by atoms with Crippen LogP contribution in [0.2, 0.25) is 0 Å². The number of benzene rings is 3. The second kappa shape index (κ2) is 10.9. The van der Waals surface area contributed by atoms with Gasteiger partial charge in [0.1, 0.15) is 11.5 Å². The maximum Gasteiger partial charge on any atom is 0.224 e. The summed E-state index contributed by atoms with van der Waals surface area (Å²) in [5, 5.41) is 13.4. The molecule has 0 fully saturated rings. The van der Waals surface area contributed by atoms with Crippen LogP contribution in [-0.2, 0) is 17.8 Å². The van der Waals surface area contributed by atoms with Crippen molar-refractivity contribution < 1.29 is 9.53 Å². The maximum absolute atomic E-state index is 12.6. The number of rotatable bonds is 9. The normalized spacial score (nSPS) is 10.8. The first kappa shape index (κ1) is 23.3. The number of hydrogen-bond acceptors (Lipinski definition) is 6. The molecule has 0 bridgehead atoms. The Kier molecular flexibility index (Phi) is 7.05. The average molecular weight is 496 g/mol. The highest BCUT2D eigenvalue weighted by atomic mass is 32.1. The predicted octanol–water partition coefficient (Wildman–Crippen LogP) is 6.00. The molecule has 5 aromatic rings. The van der Waals surface area contributed by atoms with E-state index in [2.05, 4.69) is 15.6 Å². The van der Waals surface area contributed by atoms with Crippen molar-refractivity contribution in [2.45, 2.75) is 19.4 Å². The van der Waals surface area contributed by atoms with Gasteiger partial charge in [0.2, 0.25) is 5.91 Å². The summed E-state index contributed by atoms with van der Waals surface area (Å²) >= 11 is 1.64. The predicted molar refractivity (Wildman–Crippen MR) is 143 cm³/mol. The molecule has 0 aliphatic rings. The molecule has 0 spiro atoms. The largest absolute Gasteiger partial charge is 0.457 e. The minimum Gasteiger partial charge on any atom is -0.457 e. The highest BCUT2D eigenvalue weighted by Gasteiger charge is 2.10. The Bertz CT molecular complexity index is 1430. The molecule has 2 aromatic heterocycles. The molecule has 0 unspecified atom stereocenters. The zero-order valence-corrected chi connectivity index (χ0v) is 20.3. The molecule has 5 rings (SSSR count). The number of hydrogen-bond donors (Lipinski definition) is 2. The fourth-order valence-electron chi connectivity index (χ4n) is 3.72. The standard InChI is InChI=1S/C28H25N5O2S/c29-25-14-10-21(27-7-4-16-36-27)17-26(25)30-28(34)15-11-22-19-33(32-31-22)18-20-8-12-24(13-9-20)35-23-5-2-1-3-6-23/h1-10,12-14,16-17,19H,11,15,18,29H2,(H,30,34). The molecular weight excluding hydrogens is 470 g/mol. The lowest BCUT2D eigenvalue weighted by Crippen LogP contribution is -2.13. The number of para-hydroxylation sites is 1. The number of anilines is 2. The highest BCUT2D eigenvalue weighted by molar-refractivity contribution is 7.13. The van der Waals surface area contributed by atoms with Crippen LogP contribution in [0.4, 0.5) is 11.4 Å². The number of nitrogens with zero attached hydrogens (tertiary/aromatic N) is 3. The topological polar surface area (TPSA) is 95.1 Å². The van der Waals surface area contributed by atoms with Crippen LogP contribution in [0.1, 0.15) is 17.7 Å². The highest BCUT2D eigenvalue weighted by Crippen LogP contribution is 2.30. The van der Waals surface area contributed by atoms with E-state index in [-0.39, 0.29) is 12.3 Å². The number of nitrogens with one attached hydrogen (secondary N) is 1. The molecule has 0 atom stereocenters. The van der Waals surface area contributed by atoms with E-state index in [4.69, 9.17) is 10.5 Å². The monoisotopic (exact) mass is 495 g/mol. The molecule has 7 nitrogen and oxygen atoms in total. The van der Waals surface area contributed by atoms with Crippen LogP contribution < -0.4 is 15.8 Å². The van der Waals surface area contributed by atoms with Crippen molar-refractivity contribution in [2.75, 3.05) is 11.1 Å². The van der Waals surface area contributed by atoms with E-state index in [0.29, 0.717) is 24.3 Å². The van der Waals surface area contributed by atoms with Gasteiger partial charge in [-0.05, 0) is 59.0 Å². The second-order valence-corrected chi connectivity index (χ2v) is 9.24. The van der Waals surface area contributed by atoms with Crippen molar-refractivity contribution in [1.82, 2.24) is 15.0 Å². The average Bonchev–Trinajstić information content (AvgIpc) is 3.59. The lowest BCUT2D eigenvalue weighted by molar-refractivity contribution is -0.116. The molecule has 3 N–H and O–H groups in total. The van der Waals surface area contributed by atoms with Crippen molar-refractivity contribution in [3.63, 3.8) is 0 Å². The fourth-order valence-corrected chi connectivity index (χ4v) is 4.44. The van der Waals surface area contributed by atoms with Crippen LogP contribution in [0, 0.1) is 0 Å². The van der Waals surface area contributed by atoms with E-state index in [1.54, 1.807) is 16.0 Å². The number of nitrogen functional groups attached to an aromatic ring is 1. The third kappa shape index (κ3) is 5.97. The number of amides is 1. The summed E-state index contributed by atoms with van der Waals surface area (Å²) in [7, 11) is 0.